The van der Waals surface area contributed by atoms with Gasteiger partial charge in [-0.3, -0.25) is 0 Å². The predicted octanol–water partition coefficient (Wildman–Crippen LogP) is 4.43. The first-order valence-electron chi connectivity index (χ1n) is 7.14. The first kappa shape index (κ1) is 16.4. The number of aryl methyl sites for hydroxylation is 2. The average Bonchev–Trinajstić information content (AvgIpc) is 2.35. The van der Waals surface area contributed by atoms with Crippen LogP contribution in [-0.2, 0) is 9.59 Å². The maximum atomic E-state index is 11.2. The smallest absolute Gasteiger partial charge is 0.130 e. The van der Waals surface area contributed by atoms with Crippen molar-refractivity contribution in [1.82, 2.24) is 0 Å². The Morgan fingerprint density at radius 1 is 0.950 bits per heavy atom. The Bertz CT molecular complexity index is 504. The third kappa shape index (κ3) is 5.96. The van der Waals surface area contributed by atoms with Gasteiger partial charge in [-0.05, 0) is 51.7 Å². The minimum absolute atomic E-state index is 0.194. The van der Waals surface area contributed by atoms with Gasteiger partial charge >= 0.3 is 0 Å². The summed E-state index contributed by atoms with van der Waals surface area (Å²) >= 11 is 0. The summed E-state index contributed by atoms with van der Waals surface area (Å²) in [4.78, 5) is 22.3. The zero-order chi connectivity index (χ0) is 15.1. The molecule has 0 fully saturated rings. The molecule has 0 aromatic heterocycles. The Labute approximate surface area is 121 Å². The van der Waals surface area contributed by atoms with Crippen LogP contribution in [0.1, 0.15) is 56.2 Å². The number of ketones is 2. The van der Waals surface area contributed by atoms with E-state index in [4.69, 9.17) is 0 Å². The molecule has 0 saturated heterocycles. The maximum Gasteiger partial charge on any atom is 0.130 e. The summed E-state index contributed by atoms with van der Waals surface area (Å²) in [5.74, 6) is 0.388. The van der Waals surface area contributed by atoms with E-state index in [1.54, 1.807) is 13.8 Å². The molecule has 0 saturated carbocycles. The summed E-state index contributed by atoms with van der Waals surface area (Å²) in [6, 6.07) is 6.35. The van der Waals surface area contributed by atoms with Gasteiger partial charge in [-0.2, -0.15) is 0 Å². The first-order chi connectivity index (χ1) is 9.38. The van der Waals surface area contributed by atoms with Gasteiger partial charge in [-0.1, -0.05) is 35.4 Å². The van der Waals surface area contributed by atoms with Gasteiger partial charge in [0.25, 0.3) is 0 Å². The molecule has 0 radical (unpaired) electrons. The van der Waals surface area contributed by atoms with E-state index >= 15 is 0 Å². The van der Waals surface area contributed by atoms with Gasteiger partial charge in [0.1, 0.15) is 11.6 Å². The van der Waals surface area contributed by atoms with E-state index in [1.165, 1.54) is 22.3 Å². The molecular formula is C18H24O2. The lowest BCUT2D eigenvalue weighted by atomic mass is 9.97. The number of carbonyl (C=O) groups excluding carboxylic acids is 2. The molecule has 2 nitrogen and oxygen atoms in total. The van der Waals surface area contributed by atoms with E-state index in [0.717, 1.165) is 12.8 Å². The molecule has 0 aliphatic carbocycles. The van der Waals surface area contributed by atoms with E-state index in [9.17, 15) is 9.59 Å². The summed E-state index contributed by atoms with van der Waals surface area (Å²) in [5, 5.41) is 0. The minimum atomic E-state index is 0.194. The topological polar surface area (TPSA) is 34.1 Å². The van der Waals surface area contributed by atoms with Crippen molar-refractivity contribution in [2.24, 2.45) is 0 Å². The standard InChI is InChI=1S/C18H24O2/c1-13-5-10-18(14(2)11-13)12-17(8-6-15(3)19)9-7-16(4)20/h5,10-12H,6-9H2,1-4H3. The largest absolute Gasteiger partial charge is 0.300 e. The van der Waals surface area contributed by atoms with Crippen molar-refractivity contribution in [3.8, 4) is 0 Å². The molecule has 0 heterocycles. The Hall–Kier alpha value is -1.70. The van der Waals surface area contributed by atoms with Crippen molar-refractivity contribution >= 4 is 17.6 Å². The number of hydrogen-bond donors (Lipinski definition) is 0. The third-order valence-electron chi connectivity index (χ3n) is 3.38. The van der Waals surface area contributed by atoms with Gasteiger partial charge in [-0.25, -0.2) is 0 Å². The van der Waals surface area contributed by atoms with Gasteiger partial charge in [0.15, 0.2) is 0 Å². The second-order valence-electron chi connectivity index (χ2n) is 5.57. The molecule has 0 aliphatic heterocycles. The zero-order valence-corrected chi connectivity index (χ0v) is 13.0. The summed E-state index contributed by atoms with van der Waals surface area (Å²) < 4.78 is 0. The highest BCUT2D eigenvalue weighted by Gasteiger charge is 2.05. The molecule has 20 heavy (non-hydrogen) atoms. The summed E-state index contributed by atoms with van der Waals surface area (Å²) in [6.45, 7) is 7.39. The van der Waals surface area contributed by atoms with Crippen molar-refractivity contribution in [3.63, 3.8) is 0 Å². The Kier molecular flexibility index (Phi) is 6.37. The van der Waals surface area contributed by atoms with Crippen LogP contribution < -0.4 is 0 Å². The quantitative estimate of drug-likeness (QED) is 0.736. The number of Topliss-reactive ketones (excluding diaryl/α,β-unsaturated/α-hetero) is 2. The molecule has 0 unspecified atom stereocenters. The highest BCUT2D eigenvalue weighted by atomic mass is 16.1. The van der Waals surface area contributed by atoms with E-state index in [1.807, 2.05) is 0 Å². The number of hydrogen-bond acceptors (Lipinski definition) is 2. The Morgan fingerprint density at radius 3 is 1.95 bits per heavy atom. The molecule has 0 aliphatic rings. The van der Waals surface area contributed by atoms with Crippen LogP contribution in [0.2, 0.25) is 0 Å². The van der Waals surface area contributed by atoms with Crippen molar-refractivity contribution in [1.29, 1.82) is 0 Å². The molecular weight excluding hydrogens is 248 g/mol. The van der Waals surface area contributed by atoms with E-state index in [-0.39, 0.29) is 11.6 Å². The van der Waals surface area contributed by atoms with E-state index in [2.05, 4.69) is 38.1 Å². The molecule has 0 amide bonds. The van der Waals surface area contributed by atoms with E-state index in [0.29, 0.717) is 12.8 Å². The monoisotopic (exact) mass is 272 g/mol. The fraction of sp³-hybridized carbons (Fsp3) is 0.444. The minimum Gasteiger partial charge on any atom is -0.300 e. The highest BCUT2D eigenvalue weighted by molar-refractivity contribution is 5.77. The molecule has 0 spiro atoms. The van der Waals surface area contributed by atoms with Crippen LogP contribution in [0.5, 0.6) is 0 Å². The fourth-order valence-electron chi connectivity index (χ4n) is 2.15. The van der Waals surface area contributed by atoms with Crippen LogP contribution in [-0.4, -0.2) is 11.6 Å². The van der Waals surface area contributed by atoms with Crippen LogP contribution >= 0.6 is 0 Å². The Balaban J connectivity index is 2.91. The van der Waals surface area contributed by atoms with Gasteiger partial charge in [0.05, 0.1) is 0 Å². The van der Waals surface area contributed by atoms with Gasteiger partial charge in [0, 0.05) is 12.8 Å². The number of benzene rings is 1. The zero-order valence-electron chi connectivity index (χ0n) is 13.0. The summed E-state index contributed by atoms with van der Waals surface area (Å²) in [7, 11) is 0. The molecule has 1 aromatic carbocycles. The van der Waals surface area contributed by atoms with Crippen molar-refractivity contribution in [2.75, 3.05) is 0 Å². The number of allylic oxidation sites excluding steroid dienone is 1. The van der Waals surface area contributed by atoms with Gasteiger partial charge < -0.3 is 9.59 Å². The van der Waals surface area contributed by atoms with Gasteiger partial charge in [0.2, 0.25) is 0 Å². The maximum absolute atomic E-state index is 11.2. The molecule has 0 atom stereocenters. The van der Waals surface area contributed by atoms with Crippen LogP contribution in [0.4, 0.5) is 0 Å². The first-order valence-corrected chi connectivity index (χ1v) is 7.14. The van der Waals surface area contributed by atoms with Crippen molar-refractivity contribution < 1.29 is 9.59 Å². The second-order valence-corrected chi connectivity index (χ2v) is 5.57. The van der Waals surface area contributed by atoms with Crippen LogP contribution in [0, 0.1) is 13.8 Å². The molecule has 1 rings (SSSR count). The lowest BCUT2D eigenvalue weighted by Gasteiger charge is -2.08. The fourth-order valence-corrected chi connectivity index (χ4v) is 2.15. The lowest BCUT2D eigenvalue weighted by molar-refractivity contribution is -0.117. The van der Waals surface area contributed by atoms with Gasteiger partial charge in [-0.15, -0.1) is 0 Å². The van der Waals surface area contributed by atoms with Crippen molar-refractivity contribution in [2.45, 2.75) is 53.4 Å². The second kappa shape index (κ2) is 7.78. The predicted molar refractivity (Wildman–Crippen MR) is 83.7 cm³/mol. The third-order valence-corrected chi connectivity index (χ3v) is 3.38. The number of rotatable bonds is 7. The molecule has 2 heteroatoms. The summed E-state index contributed by atoms with van der Waals surface area (Å²) in [6.07, 6.45) is 4.73. The summed E-state index contributed by atoms with van der Waals surface area (Å²) in [5.41, 5.74) is 4.84. The molecule has 0 N–H and O–H groups in total. The SMILES string of the molecule is CC(=O)CCC(=Cc1ccc(C)cc1C)CCC(C)=O. The molecule has 108 valence electrons. The lowest BCUT2D eigenvalue weighted by Crippen LogP contribution is -1.96. The average molecular weight is 272 g/mol. The Morgan fingerprint density at radius 2 is 1.50 bits per heavy atom. The van der Waals surface area contributed by atoms with Crippen LogP contribution in [0.25, 0.3) is 6.08 Å². The molecule has 1 aromatic rings. The van der Waals surface area contributed by atoms with Crippen LogP contribution in [0.3, 0.4) is 0 Å². The van der Waals surface area contributed by atoms with Crippen LogP contribution in [0.15, 0.2) is 23.8 Å². The highest BCUT2D eigenvalue weighted by Crippen LogP contribution is 2.20. The van der Waals surface area contributed by atoms with Crippen molar-refractivity contribution in [3.05, 3.63) is 40.5 Å². The number of carbonyl (C=O) groups is 2. The molecule has 0 bridgehead atoms. The normalized spacial score (nSPS) is 10.2. The van der Waals surface area contributed by atoms with E-state index < -0.39 is 0 Å².